The zero-order valence-electron chi connectivity index (χ0n) is 9.96. The molecule has 1 aliphatic rings. The van der Waals surface area contributed by atoms with Crippen LogP contribution in [0.3, 0.4) is 0 Å². The standard InChI is InChI=1S/C11H20N4/c1-10(2,11(3,4)12)9-13-8(14-15-9)7-5-6-7/h7H,5-6,12H2,1-4H3,(H,13,14,15). The second kappa shape index (κ2) is 3.04. The Morgan fingerprint density at radius 2 is 1.87 bits per heavy atom. The molecule has 0 saturated heterocycles. The normalized spacial score (nSPS) is 18.2. The summed E-state index contributed by atoms with van der Waals surface area (Å²) in [6.45, 7) is 8.21. The van der Waals surface area contributed by atoms with Crippen molar-refractivity contribution < 1.29 is 0 Å². The summed E-state index contributed by atoms with van der Waals surface area (Å²) in [7, 11) is 0. The van der Waals surface area contributed by atoms with Gasteiger partial charge in [0.15, 0.2) is 5.82 Å². The van der Waals surface area contributed by atoms with Crippen LogP contribution in [0.4, 0.5) is 0 Å². The molecule has 1 fully saturated rings. The van der Waals surface area contributed by atoms with Gasteiger partial charge in [0.05, 0.1) is 0 Å². The molecule has 2 rings (SSSR count). The van der Waals surface area contributed by atoms with Crippen LogP contribution in [0.2, 0.25) is 0 Å². The molecule has 4 nitrogen and oxygen atoms in total. The Morgan fingerprint density at radius 3 is 2.33 bits per heavy atom. The molecular weight excluding hydrogens is 188 g/mol. The largest absolute Gasteiger partial charge is 0.325 e. The van der Waals surface area contributed by atoms with Gasteiger partial charge in [-0.15, -0.1) is 0 Å². The van der Waals surface area contributed by atoms with Gasteiger partial charge < -0.3 is 5.73 Å². The summed E-state index contributed by atoms with van der Waals surface area (Å²) >= 11 is 0. The first-order chi connectivity index (χ1) is 6.82. The Kier molecular flexibility index (Phi) is 2.15. The summed E-state index contributed by atoms with van der Waals surface area (Å²) in [6.07, 6.45) is 2.47. The quantitative estimate of drug-likeness (QED) is 0.794. The molecule has 3 N–H and O–H groups in total. The van der Waals surface area contributed by atoms with Crippen molar-refractivity contribution in [2.75, 3.05) is 0 Å². The predicted octanol–water partition coefficient (Wildman–Crippen LogP) is 1.70. The number of H-pyrrole nitrogens is 1. The number of nitrogens with two attached hydrogens (primary N) is 1. The van der Waals surface area contributed by atoms with Crippen LogP contribution in [0, 0.1) is 0 Å². The lowest BCUT2D eigenvalue weighted by molar-refractivity contribution is 0.291. The van der Waals surface area contributed by atoms with Gasteiger partial charge in [0.25, 0.3) is 0 Å². The molecule has 0 atom stereocenters. The lowest BCUT2D eigenvalue weighted by atomic mass is 9.74. The van der Waals surface area contributed by atoms with Crippen LogP contribution in [0.25, 0.3) is 0 Å². The van der Waals surface area contributed by atoms with Gasteiger partial charge in [-0.05, 0) is 26.7 Å². The third-order valence-electron chi connectivity index (χ3n) is 3.64. The zero-order valence-corrected chi connectivity index (χ0v) is 9.96. The fourth-order valence-corrected chi connectivity index (χ4v) is 1.38. The number of hydrogen-bond acceptors (Lipinski definition) is 3. The van der Waals surface area contributed by atoms with Crippen molar-refractivity contribution in [3.63, 3.8) is 0 Å². The van der Waals surface area contributed by atoms with Crippen LogP contribution < -0.4 is 5.73 Å². The minimum atomic E-state index is -0.323. The van der Waals surface area contributed by atoms with E-state index in [1.54, 1.807) is 0 Å². The Balaban J connectivity index is 2.27. The molecule has 0 spiro atoms. The number of aromatic nitrogens is 3. The highest BCUT2D eigenvalue weighted by Crippen LogP contribution is 2.39. The summed E-state index contributed by atoms with van der Waals surface area (Å²) in [5.74, 6) is 2.47. The topological polar surface area (TPSA) is 67.6 Å². The third-order valence-corrected chi connectivity index (χ3v) is 3.64. The summed E-state index contributed by atoms with van der Waals surface area (Å²) in [6, 6.07) is 0. The molecule has 0 aromatic carbocycles. The first-order valence-electron chi connectivity index (χ1n) is 5.54. The van der Waals surface area contributed by atoms with Crippen LogP contribution in [-0.2, 0) is 5.41 Å². The van der Waals surface area contributed by atoms with E-state index in [-0.39, 0.29) is 11.0 Å². The Labute approximate surface area is 90.7 Å². The fraction of sp³-hybridized carbons (Fsp3) is 0.818. The van der Waals surface area contributed by atoms with Gasteiger partial charge in [0, 0.05) is 16.9 Å². The first kappa shape index (κ1) is 10.6. The summed E-state index contributed by atoms with van der Waals surface area (Å²) in [5.41, 5.74) is 5.62. The second-order valence-corrected chi connectivity index (χ2v) is 5.67. The van der Waals surface area contributed by atoms with Gasteiger partial charge in [0.2, 0.25) is 0 Å². The van der Waals surface area contributed by atoms with E-state index < -0.39 is 0 Å². The maximum absolute atomic E-state index is 6.15. The van der Waals surface area contributed by atoms with Gasteiger partial charge in [-0.2, -0.15) is 5.10 Å². The van der Waals surface area contributed by atoms with Crippen LogP contribution in [-0.4, -0.2) is 20.7 Å². The maximum atomic E-state index is 6.15. The molecule has 0 bridgehead atoms. The minimum absolute atomic E-state index is 0.212. The molecule has 0 aliphatic heterocycles. The molecule has 0 unspecified atom stereocenters. The average Bonchev–Trinajstić information content (AvgIpc) is 2.81. The number of hydrogen-bond donors (Lipinski definition) is 2. The Morgan fingerprint density at radius 1 is 1.27 bits per heavy atom. The van der Waals surface area contributed by atoms with Crippen molar-refractivity contribution in [3.8, 4) is 0 Å². The van der Waals surface area contributed by atoms with E-state index in [1.807, 2.05) is 13.8 Å². The number of rotatable bonds is 3. The molecule has 84 valence electrons. The lowest BCUT2D eigenvalue weighted by Crippen LogP contribution is -2.50. The van der Waals surface area contributed by atoms with E-state index >= 15 is 0 Å². The van der Waals surface area contributed by atoms with Crippen LogP contribution in [0.15, 0.2) is 0 Å². The van der Waals surface area contributed by atoms with Crippen molar-refractivity contribution in [3.05, 3.63) is 11.6 Å². The van der Waals surface area contributed by atoms with E-state index in [0.29, 0.717) is 5.92 Å². The smallest absolute Gasteiger partial charge is 0.158 e. The van der Waals surface area contributed by atoms with Crippen molar-refractivity contribution in [2.24, 2.45) is 5.73 Å². The second-order valence-electron chi connectivity index (χ2n) is 5.67. The summed E-state index contributed by atoms with van der Waals surface area (Å²) in [4.78, 5) is 4.56. The molecule has 1 heterocycles. The van der Waals surface area contributed by atoms with Gasteiger partial charge in [0.1, 0.15) is 5.82 Å². The highest BCUT2D eigenvalue weighted by Gasteiger charge is 2.39. The summed E-state index contributed by atoms with van der Waals surface area (Å²) < 4.78 is 0. The van der Waals surface area contributed by atoms with E-state index in [0.717, 1.165) is 11.6 Å². The van der Waals surface area contributed by atoms with Gasteiger partial charge in [-0.1, -0.05) is 13.8 Å². The molecule has 1 aliphatic carbocycles. The molecule has 4 heteroatoms. The van der Waals surface area contributed by atoms with Crippen molar-refractivity contribution >= 4 is 0 Å². The van der Waals surface area contributed by atoms with Gasteiger partial charge in [-0.3, -0.25) is 5.10 Å². The molecular formula is C11H20N4. The molecule has 15 heavy (non-hydrogen) atoms. The monoisotopic (exact) mass is 208 g/mol. The number of aromatic amines is 1. The average molecular weight is 208 g/mol. The molecule has 0 amide bonds. The van der Waals surface area contributed by atoms with E-state index in [4.69, 9.17) is 5.73 Å². The van der Waals surface area contributed by atoms with Crippen LogP contribution in [0.5, 0.6) is 0 Å². The SMILES string of the molecule is CC(C)(N)C(C)(C)c1n[nH]c(C2CC2)n1. The van der Waals surface area contributed by atoms with Crippen LogP contribution >= 0.6 is 0 Å². The lowest BCUT2D eigenvalue weighted by Gasteiger charge is -2.35. The Bertz CT molecular complexity index is 355. The number of nitrogens with zero attached hydrogens (tertiary/aromatic N) is 2. The zero-order chi connectivity index (χ0) is 11.3. The van der Waals surface area contributed by atoms with Crippen molar-refractivity contribution in [1.82, 2.24) is 15.2 Å². The van der Waals surface area contributed by atoms with E-state index in [9.17, 15) is 0 Å². The molecule has 1 aromatic heterocycles. The van der Waals surface area contributed by atoms with E-state index in [1.165, 1.54) is 12.8 Å². The van der Waals surface area contributed by atoms with Crippen LogP contribution in [0.1, 0.15) is 58.1 Å². The van der Waals surface area contributed by atoms with E-state index in [2.05, 4.69) is 29.0 Å². The molecule has 0 radical (unpaired) electrons. The summed E-state index contributed by atoms with van der Waals surface area (Å²) in [5, 5.41) is 7.33. The highest BCUT2D eigenvalue weighted by molar-refractivity contribution is 5.15. The maximum Gasteiger partial charge on any atom is 0.158 e. The fourth-order valence-electron chi connectivity index (χ4n) is 1.38. The van der Waals surface area contributed by atoms with Gasteiger partial charge in [-0.25, -0.2) is 4.98 Å². The van der Waals surface area contributed by atoms with Crippen molar-refractivity contribution in [1.29, 1.82) is 0 Å². The molecule has 1 aromatic rings. The number of nitrogens with one attached hydrogen (secondary N) is 1. The molecule has 1 saturated carbocycles. The highest BCUT2D eigenvalue weighted by atomic mass is 15.2. The Hall–Kier alpha value is -0.900. The third kappa shape index (κ3) is 1.78. The van der Waals surface area contributed by atoms with Crippen molar-refractivity contribution in [2.45, 2.75) is 57.4 Å². The van der Waals surface area contributed by atoms with Gasteiger partial charge >= 0.3 is 0 Å². The minimum Gasteiger partial charge on any atom is -0.325 e. The predicted molar refractivity (Wildman–Crippen MR) is 59.7 cm³/mol. The first-order valence-corrected chi connectivity index (χ1v) is 5.54.